The first kappa shape index (κ1) is 11.8. The molecule has 0 aliphatic heterocycles. The Labute approximate surface area is 89.8 Å². The fraction of sp³-hybridized carbons (Fsp3) is 0.857. The molecule has 0 aromatic rings. The molecule has 0 heteroatoms. The van der Waals surface area contributed by atoms with Crippen LogP contribution in [0.25, 0.3) is 0 Å². The largest absolute Gasteiger partial charge is 0.0883 e. The van der Waals surface area contributed by atoms with Crippen molar-refractivity contribution in [1.29, 1.82) is 0 Å². The van der Waals surface area contributed by atoms with Crippen molar-refractivity contribution in [2.45, 2.75) is 65.2 Å². The SMILES string of the molecule is CCCCC1CC=CCC(C)CCC1. The van der Waals surface area contributed by atoms with Crippen LogP contribution in [0.2, 0.25) is 0 Å². The molecule has 0 bridgehead atoms. The molecule has 2 atom stereocenters. The standard InChI is InChI=1S/C14H26/c1-3-4-10-14-11-6-5-8-13(2)9-7-12-14/h5-6,13-14H,3-4,7-12H2,1-2H3. The lowest BCUT2D eigenvalue weighted by molar-refractivity contribution is 0.402. The average Bonchev–Trinajstić information content (AvgIpc) is 2.28. The maximum absolute atomic E-state index is 2.43. The van der Waals surface area contributed by atoms with Gasteiger partial charge >= 0.3 is 0 Å². The van der Waals surface area contributed by atoms with E-state index in [0.29, 0.717) is 0 Å². The van der Waals surface area contributed by atoms with Crippen molar-refractivity contribution in [3.05, 3.63) is 12.2 Å². The third kappa shape index (κ3) is 4.83. The first-order chi connectivity index (χ1) is 6.83. The highest BCUT2D eigenvalue weighted by atomic mass is 14.2. The summed E-state index contributed by atoms with van der Waals surface area (Å²) in [5, 5.41) is 0. The molecule has 1 aliphatic carbocycles. The zero-order chi connectivity index (χ0) is 10.2. The number of hydrogen-bond acceptors (Lipinski definition) is 0. The summed E-state index contributed by atoms with van der Waals surface area (Å²) in [7, 11) is 0. The van der Waals surface area contributed by atoms with Crippen LogP contribution in [0.5, 0.6) is 0 Å². The van der Waals surface area contributed by atoms with Gasteiger partial charge in [0, 0.05) is 0 Å². The molecule has 1 rings (SSSR count). The Bertz CT molecular complexity index is 157. The molecule has 0 amide bonds. The van der Waals surface area contributed by atoms with Gasteiger partial charge in [-0.1, -0.05) is 64.5 Å². The Hall–Kier alpha value is -0.260. The summed E-state index contributed by atoms with van der Waals surface area (Å²) < 4.78 is 0. The van der Waals surface area contributed by atoms with Crippen LogP contribution >= 0.6 is 0 Å². The third-order valence-electron chi connectivity index (χ3n) is 3.45. The van der Waals surface area contributed by atoms with Gasteiger partial charge in [-0.2, -0.15) is 0 Å². The molecule has 82 valence electrons. The lowest BCUT2D eigenvalue weighted by Crippen LogP contribution is -1.99. The van der Waals surface area contributed by atoms with E-state index in [1.807, 2.05) is 0 Å². The Morgan fingerprint density at radius 3 is 2.71 bits per heavy atom. The zero-order valence-corrected chi connectivity index (χ0v) is 9.97. The van der Waals surface area contributed by atoms with E-state index in [0.717, 1.165) is 11.8 Å². The molecule has 0 N–H and O–H groups in total. The molecular formula is C14H26. The predicted molar refractivity (Wildman–Crippen MR) is 64.4 cm³/mol. The summed E-state index contributed by atoms with van der Waals surface area (Å²) in [6, 6.07) is 0. The highest BCUT2D eigenvalue weighted by Crippen LogP contribution is 2.24. The topological polar surface area (TPSA) is 0 Å². The molecule has 0 spiro atoms. The van der Waals surface area contributed by atoms with E-state index in [9.17, 15) is 0 Å². The summed E-state index contributed by atoms with van der Waals surface area (Å²) in [5.41, 5.74) is 0. The molecular weight excluding hydrogens is 168 g/mol. The van der Waals surface area contributed by atoms with E-state index in [-0.39, 0.29) is 0 Å². The molecule has 0 saturated heterocycles. The molecule has 0 heterocycles. The maximum Gasteiger partial charge on any atom is -0.0322 e. The van der Waals surface area contributed by atoms with Crippen molar-refractivity contribution >= 4 is 0 Å². The Kier molecular flexibility index (Phi) is 5.98. The lowest BCUT2D eigenvalue weighted by Gasteiger charge is -2.14. The maximum atomic E-state index is 2.43. The van der Waals surface area contributed by atoms with Gasteiger partial charge in [0.15, 0.2) is 0 Å². The van der Waals surface area contributed by atoms with E-state index in [1.54, 1.807) is 0 Å². The third-order valence-corrected chi connectivity index (χ3v) is 3.45. The van der Waals surface area contributed by atoms with Crippen LogP contribution in [0, 0.1) is 11.8 Å². The Morgan fingerprint density at radius 1 is 1.14 bits per heavy atom. The second kappa shape index (κ2) is 7.09. The second-order valence-electron chi connectivity index (χ2n) is 4.99. The first-order valence-electron chi connectivity index (χ1n) is 6.48. The molecule has 0 nitrogen and oxygen atoms in total. The summed E-state index contributed by atoms with van der Waals surface area (Å²) in [6.07, 6.45) is 16.1. The zero-order valence-electron chi connectivity index (χ0n) is 9.97. The Morgan fingerprint density at radius 2 is 1.93 bits per heavy atom. The van der Waals surface area contributed by atoms with Crippen LogP contribution < -0.4 is 0 Å². The average molecular weight is 194 g/mol. The minimum atomic E-state index is 0.913. The first-order valence-corrected chi connectivity index (χ1v) is 6.48. The van der Waals surface area contributed by atoms with Crippen molar-refractivity contribution < 1.29 is 0 Å². The van der Waals surface area contributed by atoms with Crippen LogP contribution in [0.3, 0.4) is 0 Å². The van der Waals surface area contributed by atoms with Gasteiger partial charge in [0.2, 0.25) is 0 Å². The normalized spacial score (nSPS) is 29.3. The molecule has 1 aliphatic rings. The Balaban J connectivity index is 2.30. The monoisotopic (exact) mass is 194 g/mol. The quantitative estimate of drug-likeness (QED) is 0.558. The smallest absolute Gasteiger partial charge is 0.0322 e. The van der Waals surface area contributed by atoms with Crippen LogP contribution in [0.4, 0.5) is 0 Å². The van der Waals surface area contributed by atoms with Crippen LogP contribution in [0.15, 0.2) is 12.2 Å². The molecule has 14 heavy (non-hydrogen) atoms. The van der Waals surface area contributed by atoms with E-state index >= 15 is 0 Å². The summed E-state index contributed by atoms with van der Waals surface area (Å²) in [6.45, 7) is 4.68. The van der Waals surface area contributed by atoms with Gasteiger partial charge in [-0.15, -0.1) is 0 Å². The summed E-state index contributed by atoms with van der Waals surface area (Å²) in [4.78, 5) is 0. The van der Waals surface area contributed by atoms with Gasteiger partial charge in [0.1, 0.15) is 0 Å². The minimum Gasteiger partial charge on any atom is -0.0883 e. The highest BCUT2D eigenvalue weighted by Gasteiger charge is 2.09. The van der Waals surface area contributed by atoms with Crippen molar-refractivity contribution in [2.75, 3.05) is 0 Å². The fourth-order valence-electron chi connectivity index (χ4n) is 2.36. The van der Waals surface area contributed by atoms with Gasteiger partial charge in [-0.25, -0.2) is 0 Å². The van der Waals surface area contributed by atoms with E-state index in [1.165, 1.54) is 51.4 Å². The minimum absolute atomic E-state index is 0.913. The summed E-state index contributed by atoms with van der Waals surface area (Å²) in [5.74, 6) is 1.90. The van der Waals surface area contributed by atoms with Crippen LogP contribution in [-0.4, -0.2) is 0 Å². The number of hydrogen-bond donors (Lipinski definition) is 0. The van der Waals surface area contributed by atoms with Gasteiger partial charge in [0.05, 0.1) is 0 Å². The molecule has 0 saturated carbocycles. The number of rotatable bonds is 3. The van der Waals surface area contributed by atoms with E-state index in [4.69, 9.17) is 0 Å². The molecule has 0 radical (unpaired) electrons. The van der Waals surface area contributed by atoms with Crippen molar-refractivity contribution in [1.82, 2.24) is 0 Å². The molecule has 0 aromatic carbocycles. The fourth-order valence-corrected chi connectivity index (χ4v) is 2.36. The van der Waals surface area contributed by atoms with Crippen molar-refractivity contribution in [3.8, 4) is 0 Å². The van der Waals surface area contributed by atoms with Crippen LogP contribution in [-0.2, 0) is 0 Å². The lowest BCUT2D eigenvalue weighted by atomic mass is 9.92. The number of allylic oxidation sites excluding steroid dienone is 2. The van der Waals surface area contributed by atoms with Crippen molar-refractivity contribution in [3.63, 3.8) is 0 Å². The van der Waals surface area contributed by atoms with E-state index in [2.05, 4.69) is 26.0 Å². The second-order valence-corrected chi connectivity index (χ2v) is 4.99. The van der Waals surface area contributed by atoms with Gasteiger partial charge < -0.3 is 0 Å². The van der Waals surface area contributed by atoms with E-state index < -0.39 is 0 Å². The van der Waals surface area contributed by atoms with Crippen LogP contribution in [0.1, 0.15) is 65.2 Å². The highest BCUT2D eigenvalue weighted by molar-refractivity contribution is 4.86. The molecule has 0 fully saturated rings. The predicted octanol–water partition coefficient (Wildman–Crippen LogP) is 4.95. The van der Waals surface area contributed by atoms with Gasteiger partial charge in [-0.3, -0.25) is 0 Å². The van der Waals surface area contributed by atoms with Crippen molar-refractivity contribution in [2.24, 2.45) is 11.8 Å². The molecule has 2 unspecified atom stereocenters. The van der Waals surface area contributed by atoms with Gasteiger partial charge in [0.25, 0.3) is 0 Å². The number of unbranched alkanes of at least 4 members (excludes halogenated alkanes) is 1. The summed E-state index contributed by atoms with van der Waals surface area (Å²) >= 11 is 0. The molecule has 0 aromatic heterocycles. The van der Waals surface area contributed by atoms with Gasteiger partial charge in [-0.05, 0) is 24.7 Å².